The van der Waals surface area contributed by atoms with Crippen LogP contribution in [-0.4, -0.2) is 29.1 Å². The van der Waals surface area contributed by atoms with Crippen LogP contribution in [0.1, 0.15) is 0 Å². The molecule has 3 heterocycles. The predicted molar refractivity (Wildman–Crippen MR) is 322 cm³/mol. The number of hydrogen-bond donors (Lipinski definition) is 0. The van der Waals surface area contributed by atoms with Gasteiger partial charge < -0.3 is 0 Å². The summed E-state index contributed by atoms with van der Waals surface area (Å²) in [6.45, 7) is 0. The van der Waals surface area contributed by atoms with E-state index in [1.807, 2.05) is 18.2 Å². The number of benzene rings is 12. The summed E-state index contributed by atoms with van der Waals surface area (Å²) in [5, 5.41) is 5.69. The number of aromatic nitrogens is 6. The highest BCUT2D eigenvalue weighted by Crippen LogP contribution is 2.42. The van der Waals surface area contributed by atoms with Gasteiger partial charge in [-0.05, 0) is 122 Å². The Morgan fingerprint density at radius 3 is 1.27 bits per heavy atom. The quantitative estimate of drug-likeness (QED) is 0.145. The third-order valence-corrected chi connectivity index (χ3v) is 15.1. The maximum Gasteiger partial charge on any atom is 0.160 e. The zero-order valence-electron chi connectivity index (χ0n) is 42.2. The lowest BCUT2D eigenvalue weighted by Gasteiger charge is -2.16. The topological polar surface area (TPSA) is 61.4 Å². The van der Waals surface area contributed by atoms with Crippen LogP contribution in [0.2, 0.25) is 0 Å². The molecule has 0 saturated carbocycles. The molecule has 0 aliphatic heterocycles. The van der Waals surface area contributed by atoms with Gasteiger partial charge in [0, 0.05) is 44.6 Å². The molecule has 3 aromatic heterocycles. The summed E-state index contributed by atoms with van der Waals surface area (Å²) in [5.74, 6) is 2.41. The Labute approximate surface area is 450 Å². The molecule has 0 aliphatic rings. The van der Waals surface area contributed by atoms with Crippen molar-refractivity contribution in [2.24, 2.45) is 0 Å². The van der Waals surface area contributed by atoms with Crippen LogP contribution in [-0.2, 0) is 0 Å². The molecule has 364 valence electrons. The Hall–Kier alpha value is -10.6. The van der Waals surface area contributed by atoms with Crippen LogP contribution >= 0.6 is 0 Å². The lowest BCUT2D eigenvalue weighted by atomic mass is 9.92. The van der Waals surface area contributed by atoms with E-state index in [-0.39, 0.29) is 0 Å². The van der Waals surface area contributed by atoms with Crippen molar-refractivity contribution < 1.29 is 0 Å². The molecule has 0 amide bonds. The van der Waals surface area contributed by atoms with Gasteiger partial charge in [-0.1, -0.05) is 206 Å². The molecular formula is C72H46N6. The molecule has 0 fully saturated rings. The van der Waals surface area contributed by atoms with Crippen molar-refractivity contribution in [3.05, 3.63) is 279 Å². The third kappa shape index (κ3) is 7.90. The zero-order chi connectivity index (χ0) is 51.5. The van der Waals surface area contributed by atoms with Crippen molar-refractivity contribution >= 4 is 54.5 Å². The molecule has 0 spiro atoms. The van der Waals surface area contributed by atoms with E-state index in [0.29, 0.717) is 5.82 Å². The monoisotopic (exact) mass is 994 g/mol. The summed E-state index contributed by atoms with van der Waals surface area (Å²) in [4.78, 5) is 21.9. The lowest BCUT2D eigenvalue weighted by Crippen LogP contribution is -1.99. The van der Waals surface area contributed by atoms with E-state index >= 15 is 0 Å². The average molecular weight is 995 g/mol. The van der Waals surface area contributed by atoms with Crippen molar-refractivity contribution in [1.29, 1.82) is 0 Å². The van der Waals surface area contributed by atoms with Gasteiger partial charge in [-0.3, -0.25) is 9.13 Å². The van der Waals surface area contributed by atoms with Crippen LogP contribution in [0.15, 0.2) is 279 Å². The predicted octanol–water partition coefficient (Wildman–Crippen LogP) is 18.3. The summed E-state index contributed by atoms with van der Waals surface area (Å²) in [6.07, 6.45) is 0. The highest BCUT2D eigenvalue weighted by molar-refractivity contribution is 6.07. The Balaban J connectivity index is 0.928. The molecule has 0 N–H and O–H groups in total. The smallest absolute Gasteiger partial charge is 0.160 e. The highest BCUT2D eigenvalue weighted by atomic mass is 15.1. The van der Waals surface area contributed by atoms with Crippen molar-refractivity contribution in [3.63, 3.8) is 0 Å². The fourth-order valence-electron chi connectivity index (χ4n) is 11.2. The second kappa shape index (κ2) is 18.7. The number of hydrogen-bond acceptors (Lipinski definition) is 4. The van der Waals surface area contributed by atoms with Gasteiger partial charge in [-0.2, -0.15) is 0 Å². The molecule has 0 radical (unpaired) electrons. The molecule has 0 aliphatic carbocycles. The first-order valence-electron chi connectivity index (χ1n) is 26.4. The van der Waals surface area contributed by atoms with E-state index in [2.05, 4.69) is 270 Å². The highest BCUT2D eigenvalue weighted by Gasteiger charge is 2.22. The summed E-state index contributed by atoms with van der Waals surface area (Å²) >= 11 is 0. The maximum absolute atomic E-state index is 5.62. The Kier molecular flexibility index (Phi) is 10.7. The van der Waals surface area contributed by atoms with Gasteiger partial charge in [-0.25, -0.2) is 19.9 Å². The first-order valence-corrected chi connectivity index (χ1v) is 26.4. The normalized spacial score (nSPS) is 11.6. The largest absolute Gasteiger partial charge is 0.292 e. The molecule has 15 rings (SSSR count). The Morgan fingerprint density at radius 1 is 0.256 bits per heavy atom. The van der Waals surface area contributed by atoms with Gasteiger partial charge in [-0.15, -0.1) is 0 Å². The van der Waals surface area contributed by atoms with Crippen LogP contribution in [0.4, 0.5) is 0 Å². The van der Waals surface area contributed by atoms with Crippen LogP contribution in [0, 0.1) is 0 Å². The van der Waals surface area contributed by atoms with Crippen molar-refractivity contribution in [3.8, 4) is 90.2 Å². The molecule has 6 heteroatoms. The van der Waals surface area contributed by atoms with Crippen LogP contribution in [0.3, 0.4) is 0 Å². The van der Waals surface area contributed by atoms with Crippen molar-refractivity contribution in [1.82, 2.24) is 29.1 Å². The minimum absolute atomic E-state index is 0.633. The second-order valence-corrected chi connectivity index (χ2v) is 19.9. The van der Waals surface area contributed by atoms with Crippen molar-refractivity contribution in [2.75, 3.05) is 0 Å². The van der Waals surface area contributed by atoms with Crippen molar-refractivity contribution in [2.45, 2.75) is 0 Å². The molecule has 0 bridgehead atoms. The summed E-state index contributed by atoms with van der Waals surface area (Å²) < 4.78 is 4.50. The van der Waals surface area contributed by atoms with Gasteiger partial charge in [0.2, 0.25) is 0 Å². The van der Waals surface area contributed by atoms with Gasteiger partial charge in [0.05, 0.1) is 33.3 Å². The van der Waals surface area contributed by atoms with E-state index in [0.717, 1.165) is 117 Å². The summed E-state index contributed by atoms with van der Waals surface area (Å²) in [6, 6.07) is 98.8. The average Bonchev–Trinajstić information content (AvgIpc) is 4.24. The molecule has 6 nitrogen and oxygen atoms in total. The third-order valence-electron chi connectivity index (χ3n) is 15.1. The van der Waals surface area contributed by atoms with E-state index in [1.165, 1.54) is 21.5 Å². The molecule has 0 unspecified atom stereocenters. The van der Waals surface area contributed by atoms with Gasteiger partial charge in [0.25, 0.3) is 0 Å². The summed E-state index contributed by atoms with van der Waals surface area (Å²) in [5.41, 5.74) is 18.1. The number of imidazole rings is 2. The zero-order valence-corrected chi connectivity index (χ0v) is 42.2. The van der Waals surface area contributed by atoms with Crippen LogP contribution < -0.4 is 0 Å². The van der Waals surface area contributed by atoms with E-state index in [1.54, 1.807) is 0 Å². The first kappa shape index (κ1) is 44.9. The molecule has 12 aromatic carbocycles. The molecular weight excluding hydrogens is 949 g/mol. The Bertz CT molecular complexity index is 4760. The standard InChI is InChI=1S/C72H46N6/c1-5-19-51(20-6-1)71-73-64-45-56(37-39-66(64)77(71)60-25-9-3-10-26-60)49-29-33-50(34-30-49)70-75-68(58-38-40-67-65(46-58)74-72(52-21-7-2-8-22-52)78(67)61-27-11-4-12-28-61)63-44-59(55-35-31-47-17-13-15-23-53(47)41-55)43-62(69(63)76-70)57-36-32-48-18-14-16-24-54(48)42-57/h1-46H. The minimum atomic E-state index is 0.633. The number of fused-ring (bicyclic) bond motifs is 5. The van der Waals surface area contributed by atoms with E-state index in [9.17, 15) is 0 Å². The van der Waals surface area contributed by atoms with E-state index in [4.69, 9.17) is 19.9 Å². The SMILES string of the molecule is c1ccc(-c2nc3cc(-c4ccc(-c5nc(-c6ccc7c(c6)nc(-c6ccccc6)n7-c6ccccc6)c6cc(-c7ccc8ccccc8c7)cc(-c7ccc8ccccc8c7)c6n5)cc4)ccc3n2-c2ccccc2)cc1. The molecule has 78 heavy (non-hydrogen) atoms. The first-order chi connectivity index (χ1) is 38.6. The minimum Gasteiger partial charge on any atom is -0.292 e. The Morgan fingerprint density at radius 2 is 0.692 bits per heavy atom. The van der Waals surface area contributed by atoms with Gasteiger partial charge in [0.1, 0.15) is 11.6 Å². The molecule has 0 atom stereocenters. The fraction of sp³-hybridized carbons (Fsp3) is 0. The lowest BCUT2D eigenvalue weighted by molar-refractivity contribution is 1.10. The molecule has 15 aromatic rings. The van der Waals surface area contributed by atoms with E-state index < -0.39 is 0 Å². The summed E-state index contributed by atoms with van der Waals surface area (Å²) in [7, 11) is 0. The fourth-order valence-corrected chi connectivity index (χ4v) is 11.2. The van der Waals surface area contributed by atoms with Gasteiger partial charge in [0.15, 0.2) is 5.82 Å². The number of para-hydroxylation sites is 2. The number of rotatable bonds is 9. The second-order valence-electron chi connectivity index (χ2n) is 19.9. The van der Waals surface area contributed by atoms with Crippen LogP contribution in [0.25, 0.3) is 145 Å². The number of nitrogens with zero attached hydrogens (tertiary/aromatic N) is 6. The molecule has 0 saturated heterocycles. The maximum atomic E-state index is 5.62. The van der Waals surface area contributed by atoms with Crippen LogP contribution in [0.5, 0.6) is 0 Å². The van der Waals surface area contributed by atoms with Gasteiger partial charge >= 0.3 is 0 Å².